The summed E-state index contributed by atoms with van der Waals surface area (Å²) >= 11 is 0. The van der Waals surface area contributed by atoms with Crippen LogP contribution in [0.15, 0.2) is 29.3 Å². The molecule has 0 bridgehead atoms. The van der Waals surface area contributed by atoms with Crippen molar-refractivity contribution in [2.75, 3.05) is 27.2 Å². The molecule has 1 unspecified atom stereocenters. The number of aromatic hydroxyl groups is 1. The Bertz CT molecular complexity index is 896. The molecule has 8 heteroatoms. The number of aryl methyl sites for hydroxylation is 1. The number of aromatic nitrogens is 2. The topological polar surface area (TPSA) is 61.6 Å². The normalized spacial score (nSPS) is 19.1. The number of likely N-dealkylation sites (tertiary alicyclic amines) is 1. The molecule has 0 spiro atoms. The van der Waals surface area contributed by atoms with Gasteiger partial charge in [0.2, 0.25) is 0 Å². The van der Waals surface area contributed by atoms with Gasteiger partial charge < -0.3 is 10.0 Å². The van der Waals surface area contributed by atoms with Crippen molar-refractivity contribution in [3.63, 3.8) is 0 Å². The molecule has 1 fully saturated rings. The molecular formula is C20H23F3N4O. The molecule has 1 aliphatic rings. The van der Waals surface area contributed by atoms with Gasteiger partial charge in [-0.3, -0.25) is 4.99 Å². The fraction of sp³-hybridized carbons (Fsp3) is 0.450. The molecular weight excluding hydrogens is 369 g/mol. The van der Waals surface area contributed by atoms with Gasteiger partial charge in [0.1, 0.15) is 11.4 Å². The van der Waals surface area contributed by atoms with Crippen LogP contribution < -0.4 is 0 Å². The van der Waals surface area contributed by atoms with Crippen molar-refractivity contribution in [3.05, 3.63) is 41.1 Å². The van der Waals surface area contributed by atoms with Crippen molar-refractivity contribution in [2.24, 2.45) is 10.9 Å². The second-order valence-electron chi connectivity index (χ2n) is 7.20. The number of phenols is 1. The number of alkyl halides is 3. The summed E-state index contributed by atoms with van der Waals surface area (Å²) in [6, 6.07) is 4.69. The molecule has 0 radical (unpaired) electrons. The monoisotopic (exact) mass is 392 g/mol. The summed E-state index contributed by atoms with van der Waals surface area (Å²) < 4.78 is 38.4. The van der Waals surface area contributed by atoms with Crippen LogP contribution in [0.3, 0.4) is 0 Å². The fourth-order valence-electron chi connectivity index (χ4n) is 3.68. The molecule has 2 aromatic rings. The summed E-state index contributed by atoms with van der Waals surface area (Å²) in [6.07, 6.45) is -2.40. The van der Waals surface area contributed by atoms with Gasteiger partial charge >= 0.3 is 6.18 Å². The summed E-state index contributed by atoms with van der Waals surface area (Å²) in [4.78, 5) is 6.69. The number of phenolic OH excluding ortho intramolecular Hbond substituents is 1. The second kappa shape index (κ2) is 7.87. The zero-order valence-corrected chi connectivity index (χ0v) is 16.1. The van der Waals surface area contributed by atoms with Gasteiger partial charge in [0.05, 0.1) is 17.0 Å². The van der Waals surface area contributed by atoms with Crippen LogP contribution in [-0.2, 0) is 6.18 Å². The maximum Gasteiger partial charge on any atom is 0.416 e. The average Bonchev–Trinajstić information content (AvgIpc) is 2.62. The van der Waals surface area contributed by atoms with Crippen molar-refractivity contribution < 1.29 is 18.3 Å². The number of piperidine rings is 1. The van der Waals surface area contributed by atoms with E-state index in [2.05, 4.69) is 27.1 Å². The molecule has 1 aliphatic heterocycles. The fourth-order valence-corrected chi connectivity index (χ4v) is 3.68. The average molecular weight is 392 g/mol. The lowest BCUT2D eigenvalue weighted by Crippen LogP contribution is -2.36. The summed E-state index contributed by atoms with van der Waals surface area (Å²) in [5, 5.41) is 18.6. The van der Waals surface area contributed by atoms with Gasteiger partial charge in [-0.05, 0) is 63.2 Å². The third kappa shape index (κ3) is 4.16. The lowest BCUT2D eigenvalue weighted by atomic mass is 9.91. The van der Waals surface area contributed by atoms with Crippen LogP contribution in [0.5, 0.6) is 5.75 Å². The quantitative estimate of drug-likeness (QED) is 0.804. The molecule has 0 aliphatic carbocycles. The molecule has 0 amide bonds. The van der Waals surface area contributed by atoms with E-state index in [9.17, 15) is 18.3 Å². The minimum atomic E-state index is -4.51. The highest BCUT2D eigenvalue weighted by Crippen LogP contribution is 2.36. The number of benzene rings is 1. The molecule has 2 heterocycles. The van der Waals surface area contributed by atoms with Crippen LogP contribution in [0.25, 0.3) is 11.3 Å². The Morgan fingerprint density at radius 3 is 2.57 bits per heavy atom. The summed E-state index contributed by atoms with van der Waals surface area (Å²) in [5.74, 6) is -0.207. The summed E-state index contributed by atoms with van der Waals surface area (Å²) in [5.41, 5.74) is 1.92. The Labute approximate surface area is 161 Å². The number of aliphatic imine (C=N–C) groups is 1. The van der Waals surface area contributed by atoms with Crippen molar-refractivity contribution in [1.82, 2.24) is 15.1 Å². The summed E-state index contributed by atoms with van der Waals surface area (Å²) in [6.45, 7) is 3.75. The number of hydrogen-bond donors (Lipinski definition) is 1. The largest absolute Gasteiger partial charge is 0.507 e. The first-order valence-corrected chi connectivity index (χ1v) is 9.11. The molecule has 1 N–H and O–H groups in total. The molecule has 1 aromatic carbocycles. The van der Waals surface area contributed by atoms with Gasteiger partial charge in [0, 0.05) is 25.1 Å². The minimum absolute atomic E-state index is 0.219. The Balaban J connectivity index is 1.92. The van der Waals surface area contributed by atoms with Crippen LogP contribution in [0.2, 0.25) is 0 Å². The highest BCUT2D eigenvalue weighted by Gasteiger charge is 2.31. The number of rotatable bonds is 3. The second-order valence-corrected chi connectivity index (χ2v) is 7.20. The third-order valence-electron chi connectivity index (χ3n) is 5.08. The number of nitrogens with zero attached hydrogens (tertiary/aromatic N) is 4. The maximum atomic E-state index is 12.8. The Morgan fingerprint density at radius 2 is 2.00 bits per heavy atom. The molecule has 1 aromatic heterocycles. The molecule has 5 nitrogen and oxygen atoms in total. The standard InChI is InChI=1S/C20H23F3N4O/c1-12-9-16(19(24-2)13-5-4-8-27(3)11-13)25-26-18(12)15-7-6-14(10-17(15)28)20(21,22)23/h6-7,9-10,13,28H,4-5,8,11H2,1-3H3/b24-19+. The Morgan fingerprint density at radius 1 is 1.25 bits per heavy atom. The van der Waals surface area contributed by atoms with Crippen molar-refractivity contribution in [2.45, 2.75) is 25.9 Å². The first-order valence-electron chi connectivity index (χ1n) is 9.11. The van der Waals surface area contributed by atoms with Gasteiger partial charge in [-0.2, -0.15) is 13.2 Å². The highest BCUT2D eigenvalue weighted by molar-refractivity contribution is 6.01. The predicted octanol–water partition coefficient (Wildman–Crippen LogP) is 3.94. The first kappa shape index (κ1) is 20.3. The molecule has 28 heavy (non-hydrogen) atoms. The van der Waals surface area contributed by atoms with Crippen LogP contribution in [0, 0.1) is 12.8 Å². The Hall–Kier alpha value is -2.48. The van der Waals surface area contributed by atoms with E-state index >= 15 is 0 Å². The number of hydrogen-bond acceptors (Lipinski definition) is 5. The molecule has 150 valence electrons. The first-order chi connectivity index (χ1) is 13.2. The van der Waals surface area contributed by atoms with Crippen LogP contribution >= 0.6 is 0 Å². The van der Waals surface area contributed by atoms with E-state index in [1.165, 1.54) is 6.07 Å². The van der Waals surface area contributed by atoms with E-state index in [-0.39, 0.29) is 11.5 Å². The van der Waals surface area contributed by atoms with E-state index in [4.69, 9.17) is 0 Å². The summed E-state index contributed by atoms with van der Waals surface area (Å²) in [7, 11) is 3.81. The zero-order valence-electron chi connectivity index (χ0n) is 16.1. The smallest absolute Gasteiger partial charge is 0.416 e. The van der Waals surface area contributed by atoms with Gasteiger partial charge in [-0.25, -0.2) is 0 Å². The zero-order chi connectivity index (χ0) is 20.5. The van der Waals surface area contributed by atoms with E-state index < -0.39 is 17.5 Å². The van der Waals surface area contributed by atoms with Crippen LogP contribution in [0.4, 0.5) is 13.2 Å². The van der Waals surface area contributed by atoms with Crippen LogP contribution in [0.1, 0.15) is 29.7 Å². The maximum absolute atomic E-state index is 12.8. The highest BCUT2D eigenvalue weighted by atomic mass is 19.4. The third-order valence-corrected chi connectivity index (χ3v) is 5.08. The van der Waals surface area contributed by atoms with Crippen molar-refractivity contribution >= 4 is 5.71 Å². The van der Waals surface area contributed by atoms with Crippen molar-refractivity contribution in [3.8, 4) is 17.0 Å². The van der Waals surface area contributed by atoms with Crippen LogP contribution in [-0.4, -0.2) is 53.1 Å². The van der Waals surface area contributed by atoms with Gasteiger partial charge in [-0.15, -0.1) is 10.2 Å². The Kier molecular flexibility index (Phi) is 5.69. The lowest BCUT2D eigenvalue weighted by molar-refractivity contribution is -0.137. The van der Waals surface area contributed by atoms with E-state index in [0.717, 1.165) is 37.7 Å². The SMILES string of the molecule is C/N=C(/c1cc(C)c(-c2ccc(C(F)(F)F)cc2O)nn1)C1CCCN(C)C1. The van der Waals surface area contributed by atoms with E-state index in [0.29, 0.717) is 23.0 Å². The van der Waals surface area contributed by atoms with E-state index in [1.807, 2.05) is 6.07 Å². The minimum Gasteiger partial charge on any atom is -0.507 e. The predicted molar refractivity (Wildman–Crippen MR) is 102 cm³/mol. The molecule has 0 saturated carbocycles. The lowest BCUT2D eigenvalue weighted by Gasteiger charge is -2.30. The molecule has 1 saturated heterocycles. The van der Waals surface area contributed by atoms with Gasteiger partial charge in [-0.1, -0.05) is 0 Å². The molecule has 1 atom stereocenters. The number of halogens is 3. The van der Waals surface area contributed by atoms with Gasteiger partial charge in [0.25, 0.3) is 0 Å². The van der Waals surface area contributed by atoms with Gasteiger partial charge in [0.15, 0.2) is 0 Å². The van der Waals surface area contributed by atoms with Crippen molar-refractivity contribution in [1.29, 1.82) is 0 Å². The molecule has 3 rings (SSSR count). The van der Waals surface area contributed by atoms with E-state index in [1.54, 1.807) is 14.0 Å².